The predicted octanol–water partition coefficient (Wildman–Crippen LogP) is 6.26. The Kier molecular flexibility index (Phi) is 11.5. The lowest BCUT2D eigenvalue weighted by atomic mass is 9.75. The van der Waals surface area contributed by atoms with Gasteiger partial charge in [-0.25, -0.2) is 0 Å². The van der Waals surface area contributed by atoms with E-state index in [0.29, 0.717) is 60.3 Å². The normalized spacial score (nSPS) is 16.8. The van der Waals surface area contributed by atoms with Crippen molar-refractivity contribution in [3.63, 3.8) is 0 Å². The second kappa shape index (κ2) is 15.4. The van der Waals surface area contributed by atoms with Crippen molar-refractivity contribution >= 4 is 52.5 Å². The molecule has 1 spiro atoms. The number of hydrogen-bond acceptors (Lipinski definition) is 5. The van der Waals surface area contributed by atoms with Gasteiger partial charge in [-0.15, -0.1) is 0 Å². The quantitative estimate of drug-likeness (QED) is 0.262. The van der Waals surface area contributed by atoms with Crippen molar-refractivity contribution in [3.8, 4) is 0 Å². The van der Waals surface area contributed by atoms with E-state index >= 15 is 0 Å². The molecule has 2 aliphatic rings. The van der Waals surface area contributed by atoms with Crippen LogP contribution in [0.2, 0.25) is 10.0 Å². The highest BCUT2D eigenvalue weighted by Crippen LogP contribution is 2.40. The minimum absolute atomic E-state index is 0.0359. The van der Waals surface area contributed by atoms with E-state index < -0.39 is 28.3 Å². The maximum atomic E-state index is 14.5. The molecule has 1 fully saturated rings. The zero-order valence-electron chi connectivity index (χ0n) is 30.5. The lowest BCUT2D eigenvalue weighted by Crippen LogP contribution is -2.60. The number of amides is 4. The summed E-state index contributed by atoms with van der Waals surface area (Å²) in [5.74, 6) is -1.45. The molecule has 272 valence electrons. The number of likely N-dealkylation sites (N-methyl/N-ethyl adjacent to an activating group) is 3. The fourth-order valence-corrected chi connectivity index (χ4v) is 8.00. The fraction of sp³-hybridized carbons (Fsp3) is 0.450. The Balaban J connectivity index is 1.51. The number of anilines is 1. The Hall–Kier alpha value is -3.92. The van der Waals surface area contributed by atoms with Gasteiger partial charge in [0.25, 0.3) is 0 Å². The molecule has 3 aromatic rings. The van der Waals surface area contributed by atoms with E-state index in [1.54, 1.807) is 43.3 Å². The van der Waals surface area contributed by atoms with Gasteiger partial charge in [0, 0.05) is 57.9 Å². The zero-order valence-corrected chi connectivity index (χ0v) is 32.0. The van der Waals surface area contributed by atoms with Gasteiger partial charge in [0.05, 0.1) is 27.5 Å². The first kappa shape index (κ1) is 38.3. The summed E-state index contributed by atoms with van der Waals surface area (Å²) in [7, 11) is 3.37. The number of piperidine rings is 1. The maximum Gasteiger partial charge on any atom is 0.316 e. The van der Waals surface area contributed by atoms with Crippen molar-refractivity contribution in [2.45, 2.75) is 64.5 Å². The third-order valence-corrected chi connectivity index (χ3v) is 11.3. The number of fused-ring (bicyclic) bond motifs is 2. The molecule has 51 heavy (non-hydrogen) atoms. The Morgan fingerprint density at radius 2 is 1.53 bits per heavy atom. The van der Waals surface area contributed by atoms with Gasteiger partial charge in [0.1, 0.15) is 0 Å². The first-order chi connectivity index (χ1) is 24.1. The van der Waals surface area contributed by atoms with Crippen LogP contribution in [0.5, 0.6) is 0 Å². The standard InChI is InChI=1S/C40H49Cl2N5O4/c1-7-47(30-14-9-8-10-15-30)36(50)35(49)45(6)40(27-44(5)37(51)38(2,3)4,29-17-18-32(41)33(42)26-29)21-24-46-22-19-39(20-23-46)31-16-12-11-13-28(31)25-34(48)43-39/h8-18,26H,7,19-25,27H2,1-6H3,(H,43,48)/t40-/m1/s1. The average Bonchev–Trinajstić information content (AvgIpc) is 3.11. The summed E-state index contributed by atoms with van der Waals surface area (Å²) < 4.78 is 0. The highest BCUT2D eigenvalue weighted by Gasteiger charge is 2.46. The first-order valence-electron chi connectivity index (χ1n) is 17.6. The predicted molar refractivity (Wildman–Crippen MR) is 203 cm³/mol. The first-order valence-corrected chi connectivity index (χ1v) is 18.3. The fourth-order valence-electron chi connectivity index (χ4n) is 7.70. The van der Waals surface area contributed by atoms with Crippen LogP contribution in [0.4, 0.5) is 5.69 Å². The minimum atomic E-state index is -1.17. The number of carbonyl (C=O) groups is 4. The largest absolute Gasteiger partial charge is 0.346 e. The monoisotopic (exact) mass is 733 g/mol. The van der Waals surface area contributed by atoms with Crippen molar-refractivity contribution in [2.24, 2.45) is 5.41 Å². The lowest BCUT2D eigenvalue weighted by molar-refractivity contribution is -0.151. The van der Waals surface area contributed by atoms with Gasteiger partial charge in [-0.05, 0) is 67.1 Å². The second-order valence-corrected chi connectivity index (χ2v) is 15.7. The van der Waals surface area contributed by atoms with Gasteiger partial charge in [0.15, 0.2) is 0 Å². The summed E-state index contributed by atoms with van der Waals surface area (Å²) in [5.41, 5.74) is 1.24. The molecule has 0 aliphatic carbocycles. The molecule has 3 aromatic carbocycles. The number of carbonyl (C=O) groups excluding carboxylic acids is 4. The number of para-hydroxylation sites is 1. The number of nitrogens with zero attached hydrogens (tertiary/aromatic N) is 4. The topological polar surface area (TPSA) is 93.3 Å². The molecule has 4 amide bonds. The molecule has 0 unspecified atom stereocenters. The van der Waals surface area contributed by atoms with Crippen molar-refractivity contribution in [1.29, 1.82) is 0 Å². The van der Waals surface area contributed by atoms with E-state index in [2.05, 4.69) is 16.3 Å². The molecule has 0 saturated carbocycles. The van der Waals surface area contributed by atoms with Crippen LogP contribution < -0.4 is 10.2 Å². The summed E-state index contributed by atoms with van der Waals surface area (Å²) in [6, 6.07) is 22.5. The summed E-state index contributed by atoms with van der Waals surface area (Å²) in [6.45, 7) is 9.76. The van der Waals surface area contributed by atoms with Gasteiger partial charge in [-0.2, -0.15) is 0 Å². The number of nitrogens with one attached hydrogen (secondary N) is 1. The number of rotatable bonds is 9. The van der Waals surface area contributed by atoms with Crippen molar-refractivity contribution < 1.29 is 19.2 Å². The van der Waals surface area contributed by atoms with E-state index in [9.17, 15) is 19.2 Å². The molecule has 0 bridgehead atoms. The van der Waals surface area contributed by atoms with Crippen LogP contribution in [-0.4, -0.2) is 85.1 Å². The van der Waals surface area contributed by atoms with Crippen LogP contribution in [0.15, 0.2) is 72.8 Å². The molecule has 1 N–H and O–H groups in total. The molecule has 11 heteroatoms. The molecular formula is C40H49Cl2N5O4. The van der Waals surface area contributed by atoms with Crippen LogP contribution in [0.1, 0.15) is 63.6 Å². The third kappa shape index (κ3) is 7.96. The minimum Gasteiger partial charge on any atom is -0.346 e. The molecule has 9 nitrogen and oxygen atoms in total. The van der Waals surface area contributed by atoms with Gasteiger partial charge in [0.2, 0.25) is 11.8 Å². The van der Waals surface area contributed by atoms with E-state index in [-0.39, 0.29) is 18.4 Å². The van der Waals surface area contributed by atoms with E-state index in [1.807, 2.05) is 70.2 Å². The van der Waals surface area contributed by atoms with Crippen LogP contribution in [0.3, 0.4) is 0 Å². The summed E-state index contributed by atoms with van der Waals surface area (Å²) in [4.78, 5) is 62.0. The van der Waals surface area contributed by atoms with Crippen molar-refractivity contribution in [1.82, 2.24) is 20.0 Å². The molecule has 2 aliphatic heterocycles. The van der Waals surface area contributed by atoms with Crippen LogP contribution in [0.25, 0.3) is 0 Å². The second-order valence-electron chi connectivity index (χ2n) is 14.9. The smallest absolute Gasteiger partial charge is 0.316 e. The Labute approximate surface area is 311 Å². The SMILES string of the molecule is CCN(C(=O)C(=O)N(C)[C@](CCN1CCC2(CC1)NC(=O)Cc1ccccc12)(CN(C)C(=O)C(C)(C)C)c1ccc(Cl)c(Cl)c1)c1ccccc1. The van der Waals surface area contributed by atoms with Gasteiger partial charge in [-0.1, -0.05) is 92.5 Å². The van der Waals surface area contributed by atoms with Crippen molar-refractivity contribution in [3.05, 3.63) is 99.5 Å². The van der Waals surface area contributed by atoms with Gasteiger partial charge < -0.3 is 24.9 Å². The molecule has 5 rings (SSSR count). The van der Waals surface area contributed by atoms with E-state index in [4.69, 9.17) is 23.2 Å². The maximum absolute atomic E-state index is 14.5. The lowest BCUT2D eigenvalue weighted by Gasteiger charge is -2.48. The number of benzene rings is 3. The molecule has 0 radical (unpaired) electrons. The molecule has 1 atom stereocenters. The molecule has 0 aromatic heterocycles. The number of likely N-dealkylation sites (tertiary alicyclic amines) is 1. The molecular weight excluding hydrogens is 685 g/mol. The average molecular weight is 735 g/mol. The number of halogens is 2. The van der Waals surface area contributed by atoms with Crippen LogP contribution in [0, 0.1) is 5.41 Å². The van der Waals surface area contributed by atoms with Crippen LogP contribution in [-0.2, 0) is 36.7 Å². The summed E-state index contributed by atoms with van der Waals surface area (Å²) >= 11 is 13.0. The third-order valence-electron chi connectivity index (χ3n) is 10.5. The molecule has 2 heterocycles. The van der Waals surface area contributed by atoms with Gasteiger partial charge >= 0.3 is 11.8 Å². The number of hydrogen-bond donors (Lipinski definition) is 1. The summed E-state index contributed by atoms with van der Waals surface area (Å²) in [6.07, 6.45) is 2.23. The Morgan fingerprint density at radius 3 is 2.16 bits per heavy atom. The molecule has 1 saturated heterocycles. The highest BCUT2D eigenvalue weighted by molar-refractivity contribution is 6.42. The van der Waals surface area contributed by atoms with Crippen LogP contribution >= 0.6 is 23.2 Å². The van der Waals surface area contributed by atoms with E-state index in [1.165, 1.54) is 15.4 Å². The van der Waals surface area contributed by atoms with Gasteiger partial charge in [-0.3, -0.25) is 19.2 Å². The van der Waals surface area contributed by atoms with E-state index in [0.717, 1.165) is 18.4 Å². The van der Waals surface area contributed by atoms with Crippen molar-refractivity contribution in [2.75, 3.05) is 51.7 Å². The Morgan fingerprint density at radius 1 is 0.882 bits per heavy atom. The zero-order chi connectivity index (χ0) is 37.1. The Bertz CT molecular complexity index is 1770. The highest BCUT2D eigenvalue weighted by atomic mass is 35.5. The summed E-state index contributed by atoms with van der Waals surface area (Å²) in [5, 5.41) is 3.98.